The number of carbonyl (C=O) groups excluding carboxylic acids is 6. The Labute approximate surface area is 275 Å². The first-order chi connectivity index (χ1) is 22.7. The van der Waals surface area contributed by atoms with Crippen molar-refractivity contribution in [3.8, 4) is 0 Å². The summed E-state index contributed by atoms with van der Waals surface area (Å²) in [7, 11) is 0. The first-order valence-corrected chi connectivity index (χ1v) is 14.9. The molecule has 0 bridgehead atoms. The summed E-state index contributed by atoms with van der Waals surface area (Å²) < 4.78 is 56.0. The molecule has 1 aromatic carbocycles. The molecule has 0 aromatic heterocycles. The fraction of sp³-hybridized carbons (Fsp3) is 0.613. The summed E-state index contributed by atoms with van der Waals surface area (Å²) in [6.45, 7) is 5.54. The van der Waals surface area contributed by atoms with Crippen LogP contribution in [0.3, 0.4) is 0 Å². The van der Waals surface area contributed by atoms with Gasteiger partial charge < -0.3 is 52.5 Å². The predicted molar refractivity (Wildman–Crippen MR) is 155 cm³/mol. The van der Waals surface area contributed by atoms with Crippen molar-refractivity contribution in [3.63, 3.8) is 0 Å². The summed E-state index contributed by atoms with van der Waals surface area (Å²) in [5, 5.41) is 11.1. The van der Waals surface area contributed by atoms with Gasteiger partial charge in [-0.05, 0) is 5.56 Å². The molecule has 0 amide bonds. The topological polar surface area (TPSA) is 215 Å². The number of ether oxygens (including phenoxy) is 10. The lowest BCUT2D eigenvalue weighted by Gasteiger charge is -2.48. The molecule has 0 spiro atoms. The van der Waals surface area contributed by atoms with Gasteiger partial charge in [-0.3, -0.25) is 28.8 Å². The van der Waals surface area contributed by atoms with E-state index in [1.54, 1.807) is 30.3 Å². The number of aliphatic hydroxyl groups is 1. The molecule has 2 aliphatic rings. The molecule has 1 aromatic rings. The van der Waals surface area contributed by atoms with Gasteiger partial charge in [0.05, 0.1) is 6.61 Å². The van der Waals surface area contributed by atoms with E-state index < -0.39 is 110 Å². The largest absolute Gasteiger partial charge is 0.463 e. The lowest BCUT2D eigenvalue weighted by Crippen LogP contribution is -2.66. The molecule has 0 aliphatic carbocycles. The quantitative estimate of drug-likeness (QED) is 0.218. The zero-order chi connectivity index (χ0) is 35.5. The van der Waals surface area contributed by atoms with Crippen molar-refractivity contribution in [1.29, 1.82) is 0 Å². The number of hydrogen-bond acceptors (Lipinski definition) is 17. The molecule has 17 heteroatoms. The maximum atomic E-state index is 12.4. The first kappa shape index (κ1) is 38.3. The van der Waals surface area contributed by atoms with Crippen LogP contribution in [-0.2, 0) is 82.7 Å². The third kappa shape index (κ3) is 11.2. The number of carbonyl (C=O) groups is 6. The average Bonchev–Trinajstić information content (AvgIpc) is 2.98. The highest BCUT2D eigenvalue weighted by Gasteiger charge is 2.56. The van der Waals surface area contributed by atoms with E-state index in [0.29, 0.717) is 5.56 Å². The van der Waals surface area contributed by atoms with E-state index in [2.05, 4.69) is 0 Å². The van der Waals surface area contributed by atoms with Gasteiger partial charge in [-0.2, -0.15) is 0 Å². The molecule has 48 heavy (non-hydrogen) atoms. The predicted octanol–water partition coefficient (Wildman–Crippen LogP) is 0.252. The summed E-state index contributed by atoms with van der Waals surface area (Å²) in [6, 6.07) is 8.83. The second-order valence-electron chi connectivity index (χ2n) is 10.9. The van der Waals surface area contributed by atoms with Crippen LogP contribution in [0.4, 0.5) is 0 Å². The highest BCUT2D eigenvalue weighted by atomic mass is 16.8. The minimum absolute atomic E-state index is 0.0777. The standard InChI is InChI=1S/C31H40O17/c1-15(32)39-13-22-25(43-18(4)35)27(44-19(5)36)28(30(38)46-22)48-31-29(45-20(6)37)26(41-12-21-10-8-7-9-11-21)24(42-17(3)34)23(47-31)14-40-16(2)33/h7-11,22-31,38H,12-14H2,1-6H3/t22-,23+,24+,25+,26+,27-,28-,29-,30-,31+/m0/s1. The Morgan fingerprint density at radius 2 is 1.04 bits per heavy atom. The number of benzene rings is 1. The smallest absolute Gasteiger partial charge is 0.303 e. The Bertz CT molecular complexity index is 1280. The van der Waals surface area contributed by atoms with E-state index >= 15 is 0 Å². The van der Waals surface area contributed by atoms with Crippen molar-refractivity contribution in [2.45, 2.75) is 110 Å². The van der Waals surface area contributed by atoms with Gasteiger partial charge in [0.2, 0.25) is 0 Å². The Morgan fingerprint density at radius 1 is 0.583 bits per heavy atom. The molecule has 0 unspecified atom stereocenters. The van der Waals surface area contributed by atoms with Gasteiger partial charge in [-0.15, -0.1) is 0 Å². The van der Waals surface area contributed by atoms with Crippen molar-refractivity contribution in [2.75, 3.05) is 13.2 Å². The molecule has 10 atom stereocenters. The monoisotopic (exact) mass is 684 g/mol. The van der Waals surface area contributed by atoms with Crippen molar-refractivity contribution in [3.05, 3.63) is 35.9 Å². The van der Waals surface area contributed by atoms with E-state index in [0.717, 1.165) is 41.5 Å². The summed E-state index contributed by atoms with van der Waals surface area (Å²) in [5.41, 5.74) is 0.690. The van der Waals surface area contributed by atoms with Gasteiger partial charge >= 0.3 is 35.8 Å². The van der Waals surface area contributed by atoms with Crippen LogP contribution in [0, 0.1) is 0 Å². The molecule has 3 rings (SSSR count). The van der Waals surface area contributed by atoms with Gasteiger partial charge in [-0.1, -0.05) is 30.3 Å². The van der Waals surface area contributed by atoms with Crippen molar-refractivity contribution in [1.82, 2.24) is 0 Å². The molecule has 0 saturated carbocycles. The van der Waals surface area contributed by atoms with Crippen LogP contribution in [0.15, 0.2) is 30.3 Å². The average molecular weight is 685 g/mol. The second-order valence-corrected chi connectivity index (χ2v) is 10.9. The molecule has 17 nitrogen and oxygen atoms in total. The summed E-state index contributed by atoms with van der Waals surface area (Å²) >= 11 is 0. The minimum Gasteiger partial charge on any atom is -0.463 e. The normalized spacial score (nSPS) is 29.9. The van der Waals surface area contributed by atoms with Gasteiger partial charge in [0.15, 0.2) is 43.1 Å². The number of aliphatic hydroxyl groups excluding tert-OH is 1. The fourth-order valence-electron chi connectivity index (χ4n) is 5.12. The van der Waals surface area contributed by atoms with Gasteiger partial charge in [0, 0.05) is 41.5 Å². The van der Waals surface area contributed by atoms with Crippen LogP contribution in [0.2, 0.25) is 0 Å². The van der Waals surface area contributed by atoms with Crippen LogP contribution in [-0.4, -0.2) is 116 Å². The van der Waals surface area contributed by atoms with Crippen molar-refractivity contribution < 1.29 is 81.2 Å². The van der Waals surface area contributed by atoms with E-state index in [9.17, 15) is 33.9 Å². The van der Waals surface area contributed by atoms with E-state index in [1.165, 1.54) is 0 Å². The van der Waals surface area contributed by atoms with E-state index in [4.69, 9.17) is 47.4 Å². The Hall–Kier alpha value is -4.16. The lowest BCUT2D eigenvalue weighted by atomic mass is 9.96. The van der Waals surface area contributed by atoms with Crippen LogP contribution >= 0.6 is 0 Å². The van der Waals surface area contributed by atoms with Crippen LogP contribution < -0.4 is 0 Å². The Kier molecular flexibility index (Phi) is 14.2. The SMILES string of the molecule is CC(=O)OC[C@@H]1O[C@H](O)[C@@H](O[C@H]2O[C@H](COC(C)=O)[C@@H](OC(C)=O)[C@@H](OCc3ccccc3)[C@@H]2OC(C)=O)[C@@H](OC(C)=O)[C@@H]1OC(C)=O. The van der Waals surface area contributed by atoms with Crippen LogP contribution in [0.1, 0.15) is 47.1 Å². The van der Waals surface area contributed by atoms with Gasteiger partial charge in [0.25, 0.3) is 0 Å². The fourth-order valence-corrected chi connectivity index (χ4v) is 5.12. The lowest BCUT2D eigenvalue weighted by molar-refractivity contribution is -0.365. The minimum atomic E-state index is -1.94. The Morgan fingerprint density at radius 3 is 1.54 bits per heavy atom. The maximum Gasteiger partial charge on any atom is 0.303 e. The molecule has 1 N–H and O–H groups in total. The van der Waals surface area contributed by atoms with E-state index in [-0.39, 0.29) is 6.61 Å². The number of hydrogen-bond donors (Lipinski definition) is 1. The zero-order valence-electron chi connectivity index (χ0n) is 27.3. The molecule has 0 radical (unpaired) electrons. The molecule has 2 aliphatic heterocycles. The summed E-state index contributed by atoms with van der Waals surface area (Å²) in [5.74, 6) is -4.72. The molecule has 266 valence electrons. The van der Waals surface area contributed by atoms with Gasteiger partial charge in [-0.25, -0.2) is 0 Å². The highest BCUT2D eigenvalue weighted by molar-refractivity contribution is 5.68. The molecular formula is C31H40O17. The number of rotatable bonds is 13. The van der Waals surface area contributed by atoms with Gasteiger partial charge in [0.1, 0.15) is 31.5 Å². The zero-order valence-corrected chi connectivity index (χ0v) is 27.3. The highest BCUT2D eigenvalue weighted by Crippen LogP contribution is 2.35. The number of esters is 6. The van der Waals surface area contributed by atoms with Crippen molar-refractivity contribution in [2.24, 2.45) is 0 Å². The maximum absolute atomic E-state index is 12.4. The van der Waals surface area contributed by atoms with Crippen molar-refractivity contribution >= 4 is 35.8 Å². The molecule has 2 fully saturated rings. The van der Waals surface area contributed by atoms with Crippen LogP contribution in [0.5, 0.6) is 0 Å². The molecular weight excluding hydrogens is 644 g/mol. The Balaban J connectivity index is 2.06. The molecule has 2 heterocycles. The first-order valence-electron chi connectivity index (χ1n) is 14.9. The summed E-state index contributed by atoms with van der Waals surface area (Å²) in [6.07, 6.45) is -15.2. The van der Waals surface area contributed by atoms with Crippen LogP contribution in [0.25, 0.3) is 0 Å². The third-order valence-corrected chi connectivity index (χ3v) is 6.89. The second kappa shape index (κ2) is 17.8. The summed E-state index contributed by atoms with van der Waals surface area (Å²) in [4.78, 5) is 72.3. The molecule has 2 saturated heterocycles. The van der Waals surface area contributed by atoms with E-state index in [1.807, 2.05) is 0 Å². The third-order valence-electron chi connectivity index (χ3n) is 6.89.